The van der Waals surface area contributed by atoms with Crippen molar-refractivity contribution in [3.63, 3.8) is 0 Å². The predicted octanol–water partition coefficient (Wildman–Crippen LogP) is 2.38. The van der Waals surface area contributed by atoms with Crippen molar-refractivity contribution in [3.05, 3.63) is 18.0 Å². The maximum Gasteiger partial charge on any atom is 0.0543 e. The highest BCUT2D eigenvalue weighted by atomic mass is 16.2. The van der Waals surface area contributed by atoms with E-state index in [-0.39, 0.29) is 5.54 Å². The molecule has 1 aromatic rings. The Labute approximate surface area is 116 Å². The molecule has 0 atom stereocenters. The fourth-order valence-corrected chi connectivity index (χ4v) is 2.30. The van der Waals surface area contributed by atoms with Gasteiger partial charge in [0.05, 0.1) is 11.7 Å². The van der Waals surface area contributed by atoms with Gasteiger partial charge in [-0.2, -0.15) is 5.10 Å². The van der Waals surface area contributed by atoms with Crippen molar-refractivity contribution >= 4 is 0 Å². The van der Waals surface area contributed by atoms with Crippen LogP contribution in [0, 0.1) is 0 Å². The fourth-order valence-electron chi connectivity index (χ4n) is 2.30. The van der Waals surface area contributed by atoms with Gasteiger partial charge < -0.3 is 5.11 Å². The van der Waals surface area contributed by atoms with E-state index in [1.807, 2.05) is 10.9 Å². The fraction of sp³-hybridized carbons (Fsp3) is 0.800. The first-order valence-electron chi connectivity index (χ1n) is 7.39. The number of aliphatic hydroxyl groups is 1. The van der Waals surface area contributed by atoms with Crippen LogP contribution in [0.2, 0.25) is 0 Å². The Morgan fingerprint density at radius 2 is 2.11 bits per heavy atom. The molecule has 108 valence electrons. The van der Waals surface area contributed by atoms with Crippen molar-refractivity contribution in [1.82, 2.24) is 14.7 Å². The second kappa shape index (κ2) is 6.06. The van der Waals surface area contributed by atoms with Crippen LogP contribution in [0.25, 0.3) is 0 Å². The molecule has 0 aliphatic heterocycles. The van der Waals surface area contributed by atoms with Gasteiger partial charge in [0.15, 0.2) is 0 Å². The molecule has 1 saturated carbocycles. The standard InChI is InChI=1S/C15H27N3O/c1-15(2,3)18-12-13(10-16-18)11-17(14-6-7-14)8-4-5-9-19/h10,12,14,19H,4-9,11H2,1-3H3. The van der Waals surface area contributed by atoms with E-state index in [4.69, 9.17) is 5.11 Å². The van der Waals surface area contributed by atoms with Crippen LogP contribution in [-0.4, -0.2) is 39.0 Å². The van der Waals surface area contributed by atoms with Crippen molar-refractivity contribution in [2.24, 2.45) is 0 Å². The molecule has 1 fully saturated rings. The van der Waals surface area contributed by atoms with Crippen LogP contribution in [0.5, 0.6) is 0 Å². The first-order valence-corrected chi connectivity index (χ1v) is 7.39. The van der Waals surface area contributed by atoms with Gasteiger partial charge >= 0.3 is 0 Å². The molecule has 1 aromatic heterocycles. The van der Waals surface area contributed by atoms with Crippen molar-refractivity contribution in [2.75, 3.05) is 13.2 Å². The second-order valence-electron chi connectivity index (χ2n) is 6.60. The smallest absolute Gasteiger partial charge is 0.0543 e. The summed E-state index contributed by atoms with van der Waals surface area (Å²) in [6.07, 6.45) is 8.80. The second-order valence-corrected chi connectivity index (χ2v) is 6.60. The normalized spacial score (nSPS) is 16.3. The van der Waals surface area contributed by atoms with E-state index in [1.165, 1.54) is 18.4 Å². The largest absolute Gasteiger partial charge is 0.396 e. The van der Waals surface area contributed by atoms with E-state index in [0.717, 1.165) is 32.0 Å². The van der Waals surface area contributed by atoms with E-state index < -0.39 is 0 Å². The molecule has 0 bridgehead atoms. The number of rotatable bonds is 7. The highest BCUT2D eigenvalue weighted by Gasteiger charge is 2.28. The number of nitrogens with zero attached hydrogens (tertiary/aromatic N) is 3. The number of aliphatic hydroxyl groups excluding tert-OH is 1. The van der Waals surface area contributed by atoms with E-state index in [2.05, 4.69) is 37.0 Å². The number of hydrogen-bond donors (Lipinski definition) is 1. The molecule has 2 rings (SSSR count). The van der Waals surface area contributed by atoms with Gasteiger partial charge in [-0.25, -0.2) is 0 Å². The molecule has 0 radical (unpaired) electrons. The molecular weight excluding hydrogens is 238 g/mol. The molecule has 0 amide bonds. The first kappa shape index (κ1) is 14.5. The van der Waals surface area contributed by atoms with Gasteiger partial charge in [-0.1, -0.05) is 0 Å². The number of aromatic nitrogens is 2. The Kier molecular flexibility index (Phi) is 4.63. The van der Waals surface area contributed by atoms with Crippen LogP contribution in [0.3, 0.4) is 0 Å². The zero-order valence-corrected chi connectivity index (χ0v) is 12.5. The Bertz CT molecular complexity index is 390. The molecule has 4 nitrogen and oxygen atoms in total. The highest BCUT2D eigenvalue weighted by Crippen LogP contribution is 2.28. The first-order chi connectivity index (χ1) is 9.00. The number of unbranched alkanes of at least 4 members (excludes halogenated alkanes) is 1. The SMILES string of the molecule is CC(C)(C)n1cc(CN(CCCCO)C2CC2)cn1. The minimum Gasteiger partial charge on any atom is -0.396 e. The summed E-state index contributed by atoms with van der Waals surface area (Å²) in [5.41, 5.74) is 1.35. The van der Waals surface area contributed by atoms with Gasteiger partial charge in [0.2, 0.25) is 0 Å². The molecule has 1 aliphatic rings. The maximum absolute atomic E-state index is 8.88. The van der Waals surface area contributed by atoms with Gasteiger partial charge in [-0.15, -0.1) is 0 Å². The third kappa shape index (κ3) is 4.32. The zero-order chi connectivity index (χ0) is 13.9. The van der Waals surface area contributed by atoms with Crippen molar-refractivity contribution < 1.29 is 5.11 Å². The summed E-state index contributed by atoms with van der Waals surface area (Å²) in [6, 6.07) is 0.761. The molecule has 0 aromatic carbocycles. The molecular formula is C15H27N3O. The average Bonchev–Trinajstić information content (AvgIpc) is 3.06. The highest BCUT2D eigenvalue weighted by molar-refractivity contribution is 5.06. The lowest BCUT2D eigenvalue weighted by Gasteiger charge is -2.21. The van der Waals surface area contributed by atoms with Crippen LogP contribution in [-0.2, 0) is 12.1 Å². The van der Waals surface area contributed by atoms with E-state index >= 15 is 0 Å². The number of hydrogen-bond acceptors (Lipinski definition) is 3. The van der Waals surface area contributed by atoms with Crippen LogP contribution in [0.15, 0.2) is 12.4 Å². The Morgan fingerprint density at radius 3 is 2.63 bits per heavy atom. The lowest BCUT2D eigenvalue weighted by atomic mass is 10.1. The summed E-state index contributed by atoms with van der Waals surface area (Å²) in [7, 11) is 0. The quantitative estimate of drug-likeness (QED) is 0.770. The molecule has 1 heterocycles. The van der Waals surface area contributed by atoms with Crippen molar-refractivity contribution in [2.45, 2.75) is 64.6 Å². The summed E-state index contributed by atoms with van der Waals surface area (Å²) >= 11 is 0. The molecule has 1 aliphatic carbocycles. The molecule has 0 unspecified atom stereocenters. The van der Waals surface area contributed by atoms with Gasteiger partial charge in [0.25, 0.3) is 0 Å². The molecule has 0 saturated heterocycles. The molecule has 19 heavy (non-hydrogen) atoms. The molecule has 0 spiro atoms. The summed E-state index contributed by atoms with van der Waals surface area (Å²) < 4.78 is 2.04. The maximum atomic E-state index is 8.88. The van der Waals surface area contributed by atoms with Gasteiger partial charge in [0, 0.05) is 31.0 Å². The van der Waals surface area contributed by atoms with Crippen LogP contribution < -0.4 is 0 Å². The van der Waals surface area contributed by atoms with E-state index in [1.54, 1.807) is 0 Å². The molecule has 4 heteroatoms. The van der Waals surface area contributed by atoms with Crippen LogP contribution >= 0.6 is 0 Å². The van der Waals surface area contributed by atoms with E-state index in [9.17, 15) is 0 Å². The minimum atomic E-state index is 0.0551. The van der Waals surface area contributed by atoms with Crippen molar-refractivity contribution in [3.8, 4) is 0 Å². The minimum absolute atomic E-state index is 0.0551. The summed E-state index contributed by atoms with van der Waals surface area (Å²) in [6.45, 7) is 8.90. The average molecular weight is 265 g/mol. The Morgan fingerprint density at radius 1 is 1.37 bits per heavy atom. The van der Waals surface area contributed by atoms with Gasteiger partial charge in [-0.3, -0.25) is 9.58 Å². The lowest BCUT2D eigenvalue weighted by molar-refractivity contribution is 0.228. The monoisotopic (exact) mass is 265 g/mol. The third-order valence-electron chi connectivity index (χ3n) is 3.63. The van der Waals surface area contributed by atoms with Gasteiger partial charge in [-0.05, 0) is 53.0 Å². The van der Waals surface area contributed by atoms with Crippen molar-refractivity contribution in [1.29, 1.82) is 0 Å². The van der Waals surface area contributed by atoms with Crippen LogP contribution in [0.1, 0.15) is 52.0 Å². The topological polar surface area (TPSA) is 41.3 Å². The van der Waals surface area contributed by atoms with Crippen LogP contribution in [0.4, 0.5) is 0 Å². The lowest BCUT2D eigenvalue weighted by Crippen LogP contribution is -2.27. The Balaban J connectivity index is 1.91. The van der Waals surface area contributed by atoms with Gasteiger partial charge in [0.1, 0.15) is 0 Å². The Hall–Kier alpha value is -0.870. The summed E-state index contributed by atoms with van der Waals surface area (Å²) in [5.74, 6) is 0. The summed E-state index contributed by atoms with van der Waals surface area (Å²) in [4.78, 5) is 2.54. The summed E-state index contributed by atoms with van der Waals surface area (Å²) in [5, 5.41) is 13.4. The van der Waals surface area contributed by atoms with E-state index in [0.29, 0.717) is 6.61 Å². The predicted molar refractivity (Wildman–Crippen MR) is 77.0 cm³/mol. The molecule has 1 N–H and O–H groups in total. The third-order valence-corrected chi connectivity index (χ3v) is 3.63. The zero-order valence-electron chi connectivity index (χ0n) is 12.5.